The van der Waals surface area contributed by atoms with Crippen LogP contribution in [-0.4, -0.2) is 37.2 Å². The Morgan fingerprint density at radius 1 is 1.30 bits per heavy atom. The number of carbonyl (C=O) groups is 3. The molecule has 6 heteroatoms. The van der Waals surface area contributed by atoms with Crippen molar-refractivity contribution in [2.24, 2.45) is 5.92 Å². The minimum absolute atomic E-state index is 0.122. The lowest BCUT2D eigenvalue weighted by atomic mass is 10.0. The molecule has 2 heterocycles. The second-order valence-corrected chi connectivity index (χ2v) is 6.28. The van der Waals surface area contributed by atoms with Crippen LogP contribution in [0.5, 0.6) is 0 Å². The molecule has 2 aliphatic rings. The highest BCUT2D eigenvalue weighted by Gasteiger charge is 2.27. The summed E-state index contributed by atoms with van der Waals surface area (Å²) in [6, 6.07) is 5.67. The summed E-state index contributed by atoms with van der Waals surface area (Å²) in [6.45, 7) is 3.65. The number of piperidine rings is 1. The van der Waals surface area contributed by atoms with Crippen molar-refractivity contribution in [3.63, 3.8) is 0 Å². The van der Waals surface area contributed by atoms with Crippen LogP contribution >= 0.6 is 0 Å². The number of nitrogens with zero attached hydrogens (tertiary/aromatic N) is 1. The molecule has 0 saturated carbocycles. The number of aryl methyl sites for hydroxylation is 1. The molecule has 0 bridgehead atoms. The lowest BCUT2D eigenvalue weighted by Crippen LogP contribution is -2.47. The van der Waals surface area contributed by atoms with Gasteiger partial charge in [-0.05, 0) is 43.5 Å². The quantitative estimate of drug-likeness (QED) is 0.645. The highest BCUT2D eigenvalue weighted by atomic mass is 16.2. The molecule has 0 spiro atoms. The monoisotopic (exact) mass is 315 g/mol. The summed E-state index contributed by atoms with van der Waals surface area (Å²) in [4.78, 5) is 36.1. The van der Waals surface area contributed by atoms with E-state index in [1.807, 2.05) is 19.1 Å². The number of nitrogens with one attached hydrogen (secondary N) is 2. The summed E-state index contributed by atoms with van der Waals surface area (Å²) in [5.74, 6) is -0.353. The van der Waals surface area contributed by atoms with E-state index in [2.05, 4.69) is 21.6 Å². The number of hydrogen-bond donors (Lipinski definition) is 2. The van der Waals surface area contributed by atoms with E-state index in [-0.39, 0.29) is 23.8 Å². The summed E-state index contributed by atoms with van der Waals surface area (Å²) in [5, 5.41) is 5.57. The van der Waals surface area contributed by atoms with Crippen molar-refractivity contribution in [1.29, 1.82) is 0 Å². The first-order valence-corrected chi connectivity index (χ1v) is 7.98. The Morgan fingerprint density at radius 2 is 2.13 bits per heavy atom. The fourth-order valence-electron chi connectivity index (χ4n) is 3.16. The molecule has 23 heavy (non-hydrogen) atoms. The highest BCUT2D eigenvalue weighted by molar-refractivity contribution is 6.01. The highest BCUT2D eigenvalue weighted by Crippen LogP contribution is 2.27. The van der Waals surface area contributed by atoms with Crippen molar-refractivity contribution in [2.75, 3.05) is 23.3 Å². The Morgan fingerprint density at radius 3 is 2.78 bits per heavy atom. The van der Waals surface area contributed by atoms with Crippen LogP contribution < -0.4 is 15.5 Å². The van der Waals surface area contributed by atoms with E-state index in [0.717, 1.165) is 42.7 Å². The molecule has 0 aliphatic carbocycles. The minimum atomic E-state index is -0.372. The fourth-order valence-corrected chi connectivity index (χ4v) is 3.16. The first-order chi connectivity index (χ1) is 11.1. The number of aldehydes is 1. The van der Waals surface area contributed by atoms with Crippen LogP contribution in [-0.2, 0) is 14.4 Å². The van der Waals surface area contributed by atoms with Crippen molar-refractivity contribution in [1.82, 2.24) is 5.32 Å². The van der Waals surface area contributed by atoms with Crippen LogP contribution in [0.25, 0.3) is 0 Å². The maximum atomic E-state index is 11.8. The van der Waals surface area contributed by atoms with Crippen LogP contribution in [0.3, 0.4) is 0 Å². The molecule has 2 atom stereocenters. The largest absolute Gasteiger partial charge is 0.373 e. The molecule has 6 nitrogen and oxygen atoms in total. The van der Waals surface area contributed by atoms with Crippen LogP contribution in [0.2, 0.25) is 0 Å². The molecule has 2 unspecified atom stereocenters. The maximum Gasteiger partial charge on any atom is 0.249 e. The Labute approximate surface area is 135 Å². The van der Waals surface area contributed by atoms with E-state index in [1.165, 1.54) is 0 Å². The molecule has 3 rings (SSSR count). The van der Waals surface area contributed by atoms with Crippen molar-refractivity contribution in [3.05, 3.63) is 23.8 Å². The third-order valence-corrected chi connectivity index (χ3v) is 4.56. The lowest BCUT2D eigenvalue weighted by Gasteiger charge is -2.25. The third kappa shape index (κ3) is 3.36. The number of carbonyl (C=O) groups excluding carboxylic acids is 3. The van der Waals surface area contributed by atoms with Gasteiger partial charge in [-0.15, -0.1) is 0 Å². The van der Waals surface area contributed by atoms with E-state index >= 15 is 0 Å². The number of imide groups is 1. The van der Waals surface area contributed by atoms with E-state index in [9.17, 15) is 14.4 Å². The third-order valence-electron chi connectivity index (χ3n) is 4.56. The summed E-state index contributed by atoms with van der Waals surface area (Å²) < 4.78 is 0. The van der Waals surface area contributed by atoms with Gasteiger partial charge in [0.05, 0.1) is 0 Å². The Kier molecular flexibility index (Phi) is 4.32. The lowest BCUT2D eigenvalue weighted by molar-refractivity contribution is -0.133. The van der Waals surface area contributed by atoms with Crippen molar-refractivity contribution in [2.45, 2.75) is 32.2 Å². The van der Waals surface area contributed by atoms with Gasteiger partial charge in [0.15, 0.2) is 0 Å². The average molecular weight is 315 g/mol. The number of rotatable bonds is 4. The zero-order valence-electron chi connectivity index (χ0n) is 13.2. The zero-order chi connectivity index (χ0) is 16.4. The molecule has 2 N–H and O–H groups in total. The smallest absolute Gasteiger partial charge is 0.249 e. The normalized spacial score (nSPS) is 24.5. The van der Waals surface area contributed by atoms with Crippen molar-refractivity contribution < 1.29 is 14.4 Å². The van der Waals surface area contributed by atoms with E-state index in [0.29, 0.717) is 12.8 Å². The molecule has 2 saturated heterocycles. The van der Waals surface area contributed by atoms with E-state index < -0.39 is 0 Å². The van der Waals surface area contributed by atoms with Gasteiger partial charge in [-0.3, -0.25) is 14.9 Å². The predicted octanol–water partition coefficient (Wildman–Crippen LogP) is 1.24. The van der Waals surface area contributed by atoms with Gasteiger partial charge in [-0.25, -0.2) is 0 Å². The SMILES string of the molecule is Cc1cc(N2CCC(C=O)C2)ccc1NC1CCC(=O)NC1=O. The summed E-state index contributed by atoms with van der Waals surface area (Å²) in [5.41, 5.74) is 3.04. The fraction of sp³-hybridized carbons (Fsp3) is 0.471. The molecular weight excluding hydrogens is 294 g/mol. The first kappa shape index (κ1) is 15.5. The van der Waals surface area contributed by atoms with Gasteiger partial charge in [0.25, 0.3) is 0 Å². The molecule has 1 aromatic rings. The molecule has 2 aliphatic heterocycles. The second-order valence-electron chi connectivity index (χ2n) is 6.28. The second kappa shape index (κ2) is 6.40. The van der Waals surface area contributed by atoms with E-state index in [4.69, 9.17) is 0 Å². The van der Waals surface area contributed by atoms with Gasteiger partial charge in [0.1, 0.15) is 12.3 Å². The molecule has 0 aromatic heterocycles. The number of anilines is 2. The zero-order valence-corrected chi connectivity index (χ0v) is 13.2. The molecular formula is C17H21N3O3. The summed E-state index contributed by atoms with van der Waals surface area (Å²) in [7, 11) is 0. The molecule has 1 aromatic carbocycles. The molecule has 2 amide bonds. The molecule has 122 valence electrons. The average Bonchev–Trinajstić information content (AvgIpc) is 3.00. The van der Waals surface area contributed by atoms with Crippen LogP contribution in [0.1, 0.15) is 24.8 Å². The standard InChI is InChI=1S/C17H21N3O3/c1-11-8-13(20-7-6-12(9-20)10-21)2-3-14(11)18-15-4-5-16(22)19-17(15)23/h2-3,8,10,12,15,18H,4-7,9H2,1H3,(H,19,22,23). The van der Waals surface area contributed by atoms with Gasteiger partial charge >= 0.3 is 0 Å². The number of amides is 2. The number of hydrogen-bond acceptors (Lipinski definition) is 5. The maximum absolute atomic E-state index is 11.8. The summed E-state index contributed by atoms with van der Waals surface area (Å²) in [6.07, 6.45) is 2.81. The Hall–Kier alpha value is -2.37. The van der Waals surface area contributed by atoms with Crippen LogP contribution in [0.4, 0.5) is 11.4 Å². The van der Waals surface area contributed by atoms with Gasteiger partial charge in [-0.1, -0.05) is 0 Å². The predicted molar refractivity (Wildman–Crippen MR) is 87.4 cm³/mol. The van der Waals surface area contributed by atoms with Gasteiger partial charge in [-0.2, -0.15) is 0 Å². The van der Waals surface area contributed by atoms with Gasteiger partial charge in [0, 0.05) is 36.8 Å². The first-order valence-electron chi connectivity index (χ1n) is 7.98. The number of benzene rings is 1. The Bertz CT molecular complexity index is 644. The molecule has 2 fully saturated rings. The minimum Gasteiger partial charge on any atom is -0.373 e. The van der Waals surface area contributed by atoms with Crippen LogP contribution in [0.15, 0.2) is 18.2 Å². The van der Waals surface area contributed by atoms with Gasteiger partial charge < -0.3 is 15.0 Å². The molecule has 0 radical (unpaired) electrons. The van der Waals surface area contributed by atoms with Crippen molar-refractivity contribution in [3.8, 4) is 0 Å². The van der Waals surface area contributed by atoms with Crippen LogP contribution in [0, 0.1) is 12.8 Å². The topological polar surface area (TPSA) is 78.5 Å². The van der Waals surface area contributed by atoms with E-state index in [1.54, 1.807) is 0 Å². The summed E-state index contributed by atoms with van der Waals surface area (Å²) >= 11 is 0. The van der Waals surface area contributed by atoms with Gasteiger partial charge in [0.2, 0.25) is 11.8 Å². The Balaban J connectivity index is 1.69. The van der Waals surface area contributed by atoms with Crippen molar-refractivity contribution >= 4 is 29.5 Å².